The van der Waals surface area contributed by atoms with Crippen LogP contribution in [0.25, 0.3) is 0 Å². The average Bonchev–Trinajstić information content (AvgIpc) is 2.88. The highest BCUT2D eigenvalue weighted by Crippen LogP contribution is 2.26. The molecule has 2 heterocycles. The van der Waals surface area contributed by atoms with Crippen LogP contribution in [0.2, 0.25) is 0 Å². The van der Waals surface area contributed by atoms with Gasteiger partial charge in [-0.05, 0) is 49.3 Å². The van der Waals surface area contributed by atoms with Gasteiger partial charge in [-0.2, -0.15) is 0 Å². The number of aromatic nitrogens is 1. The fourth-order valence-corrected chi connectivity index (χ4v) is 2.56. The molecule has 2 aliphatic rings. The smallest absolute Gasteiger partial charge is 0.128 e. The molecule has 1 aliphatic heterocycles. The van der Waals surface area contributed by atoms with E-state index >= 15 is 0 Å². The second kappa shape index (κ2) is 3.26. The average molecular weight is 188 g/mol. The maximum Gasteiger partial charge on any atom is 0.128 e. The SMILES string of the molecule is c1nc(N2CCCC2)cc2c1CCC2. The molecule has 0 radical (unpaired) electrons. The topological polar surface area (TPSA) is 16.1 Å². The molecule has 14 heavy (non-hydrogen) atoms. The van der Waals surface area contributed by atoms with Crippen molar-refractivity contribution in [3.63, 3.8) is 0 Å². The Balaban J connectivity index is 1.91. The lowest BCUT2D eigenvalue weighted by atomic mass is 10.2. The highest BCUT2D eigenvalue weighted by molar-refractivity contribution is 5.45. The standard InChI is InChI=1S/C12H16N2/c1-2-7-14(6-1)12-8-10-4-3-5-11(10)9-13-12/h8-9H,1-7H2. The third-order valence-corrected chi connectivity index (χ3v) is 3.39. The minimum atomic E-state index is 1.20. The number of hydrogen-bond donors (Lipinski definition) is 0. The summed E-state index contributed by atoms with van der Waals surface area (Å²) in [4.78, 5) is 6.97. The van der Waals surface area contributed by atoms with E-state index in [1.165, 1.54) is 56.6 Å². The Hall–Kier alpha value is -1.05. The van der Waals surface area contributed by atoms with Gasteiger partial charge in [-0.25, -0.2) is 4.98 Å². The third-order valence-electron chi connectivity index (χ3n) is 3.39. The van der Waals surface area contributed by atoms with Gasteiger partial charge in [0.15, 0.2) is 0 Å². The predicted molar refractivity (Wildman–Crippen MR) is 57.7 cm³/mol. The molecule has 1 saturated heterocycles. The normalized spacial score (nSPS) is 20.1. The highest BCUT2D eigenvalue weighted by atomic mass is 15.2. The van der Waals surface area contributed by atoms with Gasteiger partial charge >= 0.3 is 0 Å². The molecule has 1 fully saturated rings. The molecule has 0 unspecified atom stereocenters. The summed E-state index contributed by atoms with van der Waals surface area (Å²) in [5.41, 5.74) is 3.02. The Bertz CT molecular complexity index is 340. The molecule has 0 bridgehead atoms. The predicted octanol–water partition coefficient (Wildman–Crippen LogP) is 2.17. The summed E-state index contributed by atoms with van der Waals surface area (Å²) in [6.07, 6.45) is 8.58. The zero-order valence-electron chi connectivity index (χ0n) is 8.50. The summed E-state index contributed by atoms with van der Waals surface area (Å²) in [7, 11) is 0. The number of fused-ring (bicyclic) bond motifs is 1. The molecule has 1 aliphatic carbocycles. The van der Waals surface area contributed by atoms with Crippen LogP contribution in [-0.4, -0.2) is 18.1 Å². The van der Waals surface area contributed by atoms with Crippen LogP contribution in [0.4, 0.5) is 5.82 Å². The van der Waals surface area contributed by atoms with E-state index in [-0.39, 0.29) is 0 Å². The summed E-state index contributed by atoms with van der Waals surface area (Å²) in [5.74, 6) is 1.21. The number of aryl methyl sites for hydroxylation is 2. The summed E-state index contributed by atoms with van der Waals surface area (Å²) in [5, 5.41) is 0. The van der Waals surface area contributed by atoms with E-state index in [1.807, 2.05) is 0 Å². The summed E-state index contributed by atoms with van der Waals surface area (Å²) in [6.45, 7) is 2.40. The zero-order chi connectivity index (χ0) is 9.38. The fourth-order valence-electron chi connectivity index (χ4n) is 2.56. The van der Waals surface area contributed by atoms with Crippen molar-refractivity contribution < 1.29 is 0 Å². The van der Waals surface area contributed by atoms with E-state index in [9.17, 15) is 0 Å². The molecule has 2 nitrogen and oxygen atoms in total. The first kappa shape index (κ1) is 8.27. The second-order valence-corrected chi connectivity index (χ2v) is 4.36. The van der Waals surface area contributed by atoms with Crippen LogP contribution in [0, 0.1) is 0 Å². The molecule has 0 N–H and O–H groups in total. The van der Waals surface area contributed by atoms with Gasteiger partial charge in [0, 0.05) is 19.3 Å². The van der Waals surface area contributed by atoms with E-state index in [2.05, 4.69) is 22.1 Å². The summed E-state index contributed by atoms with van der Waals surface area (Å²) >= 11 is 0. The quantitative estimate of drug-likeness (QED) is 0.671. The first-order valence-electron chi connectivity index (χ1n) is 5.66. The van der Waals surface area contributed by atoms with Crippen LogP contribution in [-0.2, 0) is 12.8 Å². The molecular formula is C12H16N2. The maximum absolute atomic E-state index is 4.56. The van der Waals surface area contributed by atoms with Crippen molar-refractivity contribution in [2.45, 2.75) is 32.1 Å². The number of rotatable bonds is 1. The highest BCUT2D eigenvalue weighted by Gasteiger charge is 2.17. The monoisotopic (exact) mass is 188 g/mol. The van der Waals surface area contributed by atoms with Gasteiger partial charge in [0.25, 0.3) is 0 Å². The van der Waals surface area contributed by atoms with Gasteiger partial charge in [-0.3, -0.25) is 0 Å². The Labute approximate surface area is 85.0 Å². The first-order chi connectivity index (χ1) is 6.93. The zero-order valence-corrected chi connectivity index (χ0v) is 8.50. The van der Waals surface area contributed by atoms with Crippen molar-refractivity contribution >= 4 is 5.82 Å². The van der Waals surface area contributed by atoms with Crippen molar-refractivity contribution in [2.24, 2.45) is 0 Å². The fraction of sp³-hybridized carbons (Fsp3) is 0.583. The second-order valence-electron chi connectivity index (χ2n) is 4.36. The van der Waals surface area contributed by atoms with Crippen LogP contribution in [0.3, 0.4) is 0 Å². The van der Waals surface area contributed by atoms with Gasteiger partial charge in [0.2, 0.25) is 0 Å². The first-order valence-corrected chi connectivity index (χ1v) is 5.66. The number of anilines is 1. The van der Waals surface area contributed by atoms with E-state index < -0.39 is 0 Å². The van der Waals surface area contributed by atoms with Gasteiger partial charge in [-0.15, -0.1) is 0 Å². The van der Waals surface area contributed by atoms with Crippen molar-refractivity contribution in [3.8, 4) is 0 Å². The van der Waals surface area contributed by atoms with E-state index in [0.29, 0.717) is 0 Å². The molecule has 1 aromatic heterocycles. The minimum Gasteiger partial charge on any atom is -0.357 e. The lowest BCUT2D eigenvalue weighted by molar-refractivity contribution is 0.911. The molecule has 1 aromatic rings. The van der Waals surface area contributed by atoms with Crippen molar-refractivity contribution in [1.29, 1.82) is 0 Å². The number of hydrogen-bond acceptors (Lipinski definition) is 2. The van der Waals surface area contributed by atoms with Crippen LogP contribution < -0.4 is 4.90 Å². The van der Waals surface area contributed by atoms with Gasteiger partial charge in [0.05, 0.1) is 0 Å². The lowest BCUT2D eigenvalue weighted by Gasteiger charge is -2.16. The largest absolute Gasteiger partial charge is 0.357 e. The van der Waals surface area contributed by atoms with Crippen LogP contribution >= 0.6 is 0 Å². The number of nitrogens with zero attached hydrogens (tertiary/aromatic N) is 2. The van der Waals surface area contributed by atoms with E-state index in [4.69, 9.17) is 0 Å². The summed E-state index contributed by atoms with van der Waals surface area (Å²) < 4.78 is 0. The Morgan fingerprint density at radius 2 is 1.79 bits per heavy atom. The van der Waals surface area contributed by atoms with Crippen molar-refractivity contribution in [2.75, 3.05) is 18.0 Å². The minimum absolute atomic E-state index is 1.20. The molecule has 2 heteroatoms. The van der Waals surface area contributed by atoms with Crippen LogP contribution in [0.1, 0.15) is 30.4 Å². The molecule has 0 aromatic carbocycles. The van der Waals surface area contributed by atoms with Crippen molar-refractivity contribution in [1.82, 2.24) is 4.98 Å². The Morgan fingerprint density at radius 1 is 1.00 bits per heavy atom. The molecule has 0 amide bonds. The lowest BCUT2D eigenvalue weighted by Crippen LogP contribution is -2.19. The molecule has 0 spiro atoms. The molecular weight excluding hydrogens is 172 g/mol. The summed E-state index contributed by atoms with van der Waals surface area (Å²) in [6, 6.07) is 2.31. The van der Waals surface area contributed by atoms with Crippen LogP contribution in [0.5, 0.6) is 0 Å². The Kier molecular flexibility index (Phi) is 1.93. The van der Waals surface area contributed by atoms with Gasteiger partial charge in [0.1, 0.15) is 5.82 Å². The molecule has 74 valence electrons. The maximum atomic E-state index is 4.56. The van der Waals surface area contributed by atoms with E-state index in [1.54, 1.807) is 5.56 Å². The molecule has 0 atom stereocenters. The molecule has 0 saturated carbocycles. The van der Waals surface area contributed by atoms with E-state index in [0.717, 1.165) is 0 Å². The van der Waals surface area contributed by atoms with Gasteiger partial charge < -0.3 is 4.90 Å². The van der Waals surface area contributed by atoms with Crippen LogP contribution in [0.15, 0.2) is 12.3 Å². The Morgan fingerprint density at radius 3 is 2.64 bits per heavy atom. The number of pyridine rings is 1. The van der Waals surface area contributed by atoms with Gasteiger partial charge in [-0.1, -0.05) is 0 Å². The third kappa shape index (κ3) is 1.29. The van der Waals surface area contributed by atoms with Crippen molar-refractivity contribution in [3.05, 3.63) is 23.4 Å². The molecule has 3 rings (SSSR count).